The van der Waals surface area contributed by atoms with Gasteiger partial charge >= 0.3 is 0 Å². The molecular weight excluding hydrogens is 350 g/mol. The van der Waals surface area contributed by atoms with Gasteiger partial charge < -0.3 is 25.6 Å². The van der Waals surface area contributed by atoms with Gasteiger partial charge in [-0.2, -0.15) is 0 Å². The van der Waals surface area contributed by atoms with Crippen molar-refractivity contribution in [2.45, 2.75) is 76.7 Å². The van der Waals surface area contributed by atoms with Crippen molar-refractivity contribution in [2.75, 3.05) is 26.4 Å². The first-order chi connectivity index (χ1) is 11.7. The summed E-state index contributed by atoms with van der Waals surface area (Å²) in [5, 5.41) is 25.0. The first kappa shape index (κ1) is 26.9. The van der Waals surface area contributed by atoms with Gasteiger partial charge in [-0.25, -0.2) is 8.42 Å². The van der Waals surface area contributed by atoms with Gasteiger partial charge in [-0.15, -0.1) is 0 Å². The molecule has 0 aromatic carbocycles. The highest BCUT2D eigenvalue weighted by Gasteiger charge is 2.20. The number of unbranched alkanes of at least 4 members (excludes halogenated alkanes) is 9. The third-order valence-corrected chi connectivity index (χ3v) is 4.13. The maximum Gasteiger partial charge on any atom is 0.217 e. The summed E-state index contributed by atoms with van der Waals surface area (Å²) in [6, 6.07) is 0. The Morgan fingerprint density at radius 1 is 0.840 bits per heavy atom. The molecule has 0 amide bonds. The topological polar surface area (TPSA) is 153 Å². The van der Waals surface area contributed by atoms with E-state index in [1.807, 2.05) is 0 Å². The lowest BCUT2D eigenvalue weighted by Crippen LogP contribution is -2.50. The van der Waals surface area contributed by atoms with E-state index in [4.69, 9.17) is 21.1 Å². The lowest BCUT2D eigenvalue weighted by atomic mass is 10.1. The highest BCUT2D eigenvalue weighted by molar-refractivity contribution is 7.80. The molecule has 0 heterocycles. The van der Waals surface area contributed by atoms with Crippen LogP contribution in [0.3, 0.4) is 0 Å². The predicted octanol–water partition coefficient (Wildman–Crippen LogP) is 1.04. The highest BCUT2D eigenvalue weighted by atomic mass is 32.3. The molecule has 0 atom stereocenters. The molecule has 0 unspecified atom stereocenters. The van der Waals surface area contributed by atoms with Gasteiger partial charge in [0.05, 0.1) is 32.0 Å². The normalized spacial score (nSPS) is 11.9. The van der Waals surface area contributed by atoms with E-state index in [1.165, 1.54) is 44.9 Å². The number of hydrogen-bond donors (Lipinski definition) is 4. The van der Waals surface area contributed by atoms with Crippen molar-refractivity contribution in [1.29, 1.82) is 0 Å². The molecule has 0 radical (unpaired) electrons. The molecule has 0 saturated heterocycles. The van der Waals surface area contributed by atoms with E-state index in [1.54, 1.807) is 0 Å². The summed E-state index contributed by atoms with van der Waals surface area (Å²) in [6.45, 7) is 1.03. The summed E-state index contributed by atoms with van der Waals surface area (Å²) in [6.07, 6.45) is 11.7. The first-order valence-corrected chi connectivity index (χ1v) is 10.3. The Morgan fingerprint density at radius 3 is 1.48 bits per heavy atom. The van der Waals surface area contributed by atoms with Crippen molar-refractivity contribution in [3.05, 3.63) is 0 Å². The molecule has 25 heavy (non-hydrogen) atoms. The van der Waals surface area contributed by atoms with E-state index in [-0.39, 0.29) is 6.61 Å². The van der Waals surface area contributed by atoms with Gasteiger partial charge in [0.1, 0.15) is 0 Å². The summed E-state index contributed by atoms with van der Waals surface area (Å²) >= 11 is 0. The molecule has 0 aliphatic heterocycles. The van der Waals surface area contributed by atoms with Crippen LogP contribution in [0.5, 0.6) is 0 Å². The molecule has 0 fully saturated rings. The van der Waals surface area contributed by atoms with Gasteiger partial charge in [-0.1, -0.05) is 64.7 Å². The third kappa shape index (κ3) is 21.7. The highest BCUT2D eigenvalue weighted by Crippen LogP contribution is 2.10. The third-order valence-electron chi connectivity index (χ3n) is 3.67. The van der Waals surface area contributed by atoms with Crippen LogP contribution in [0.1, 0.15) is 71.1 Å². The van der Waals surface area contributed by atoms with Crippen molar-refractivity contribution in [3.8, 4) is 0 Å². The first-order valence-electron chi connectivity index (χ1n) is 8.96. The molecule has 0 bridgehead atoms. The molecular formula is C16H36NO7S-. The molecule has 0 saturated carbocycles. The number of nitrogens with two attached hydrogens (primary N) is 1. The Hall–Kier alpha value is -0.290. The fourth-order valence-electron chi connectivity index (χ4n) is 1.90. The van der Waals surface area contributed by atoms with Gasteiger partial charge in [0.2, 0.25) is 10.4 Å². The number of aliphatic hydroxyl groups is 3. The lowest BCUT2D eigenvalue weighted by molar-refractivity contribution is 0.0697. The van der Waals surface area contributed by atoms with E-state index in [9.17, 15) is 13.0 Å². The van der Waals surface area contributed by atoms with Crippen molar-refractivity contribution >= 4 is 10.4 Å². The van der Waals surface area contributed by atoms with Crippen LogP contribution in [0, 0.1) is 0 Å². The Labute approximate surface area is 152 Å². The second-order valence-electron chi connectivity index (χ2n) is 6.25. The van der Waals surface area contributed by atoms with Gasteiger partial charge in [-0.05, 0) is 6.42 Å². The molecule has 0 spiro atoms. The van der Waals surface area contributed by atoms with Crippen LogP contribution >= 0.6 is 0 Å². The second-order valence-corrected chi connectivity index (χ2v) is 7.30. The molecule has 0 aromatic heterocycles. The fraction of sp³-hybridized carbons (Fsp3) is 1.00. The summed E-state index contributed by atoms with van der Waals surface area (Å²) in [5.41, 5.74) is 3.94. The minimum Gasteiger partial charge on any atom is -0.726 e. The summed E-state index contributed by atoms with van der Waals surface area (Å²) in [4.78, 5) is 0. The van der Waals surface area contributed by atoms with E-state index < -0.39 is 35.8 Å². The van der Waals surface area contributed by atoms with Crippen LogP contribution in [0.25, 0.3) is 0 Å². The molecule has 5 N–H and O–H groups in total. The molecule has 0 aliphatic carbocycles. The molecule has 154 valence electrons. The zero-order chi connectivity index (χ0) is 19.6. The van der Waals surface area contributed by atoms with Gasteiger partial charge in [0, 0.05) is 0 Å². The van der Waals surface area contributed by atoms with Gasteiger partial charge in [-0.3, -0.25) is 4.18 Å². The molecule has 9 heteroatoms. The monoisotopic (exact) mass is 386 g/mol. The number of aliphatic hydroxyl groups excluding tert-OH is 3. The SMILES string of the molecule is CCCCCCCCCCCCOS(=O)(=O)[O-].NC(CO)(CO)CO. The van der Waals surface area contributed by atoms with Crippen LogP contribution in [-0.2, 0) is 14.6 Å². The van der Waals surface area contributed by atoms with Crippen LogP contribution in [0.15, 0.2) is 0 Å². The van der Waals surface area contributed by atoms with Gasteiger partial charge in [0.25, 0.3) is 0 Å². The zero-order valence-electron chi connectivity index (χ0n) is 15.4. The minimum absolute atomic E-state index is 0.0301. The number of rotatable bonds is 15. The fourth-order valence-corrected chi connectivity index (χ4v) is 2.22. The average Bonchev–Trinajstić information content (AvgIpc) is 2.58. The molecule has 0 aliphatic rings. The largest absolute Gasteiger partial charge is 0.726 e. The average molecular weight is 387 g/mol. The van der Waals surface area contributed by atoms with Crippen LogP contribution < -0.4 is 5.73 Å². The number of hydrogen-bond acceptors (Lipinski definition) is 8. The molecule has 0 rings (SSSR count). The zero-order valence-corrected chi connectivity index (χ0v) is 16.2. The Morgan fingerprint density at radius 2 is 1.20 bits per heavy atom. The summed E-state index contributed by atoms with van der Waals surface area (Å²) in [7, 11) is -4.48. The Balaban J connectivity index is 0. The Bertz CT molecular complexity index is 364. The predicted molar refractivity (Wildman–Crippen MR) is 95.7 cm³/mol. The summed E-state index contributed by atoms with van der Waals surface area (Å²) < 4.78 is 34.5. The van der Waals surface area contributed by atoms with Crippen LogP contribution in [0.2, 0.25) is 0 Å². The van der Waals surface area contributed by atoms with E-state index in [2.05, 4.69) is 11.1 Å². The molecule has 8 nitrogen and oxygen atoms in total. The van der Waals surface area contributed by atoms with Crippen molar-refractivity contribution in [1.82, 2.24) is 0 Å². The van der Waals surface area contributed by atoms with Crippen LogP contribution in [-0.4, -0.2) is 60.3 Å². The summed E-state index contributed by atoms with van der Waals surface area (Å²) in [5.74, 6) is 0. The standard InChI is InChI=1S/C12H26O4S.C4H11NO3/c1-2-3-4-5-6-7-8-9-10-11-12-16-17(13,14)15;5-4(1-6,2-7)3-8/h2-12H2,1H3,(H,13,14,15);6-8H,1-3,5H2/p-1. The minimum atomic E-state index is -4.48. The Kier molecular flexibility index (Phi) is 18.5. The maximum absolute atomic E-state index is 10.1. The maximum atomic E-state index is 10.1. The van der Waals surface area contributed by atoms with E-state index in [0.29, 0.717) is 6.42 Å². The van der Waals surface area contributed by atoms with E-state index >= 15 is 0 Å². The quantitative estimate of drug-likeness (QED) is 0.185. The van der Waals surface area contributed by atoms with Gasteiger partial charge in [0.15, 0.2) is 0 Å². The van der Waals surface area contributed by atoms with Crippen molar-refractivity contribution < 1.29 is 32.5 Å². The lowest BCUT2D eigenvalue weighted by Gasteiger charge is -2.20. The smallest absolute Gasteiger partial charge is 0.217 e. The van der Waals surface area contributed by atoms with E-state index in [0.717, 1.165) is 12.8 Å². The van der Waals surface area contributed by atoms with Crippen molar-refractivity contribution in [3.63, 3.8) is 0 Å². The van der Waals surface area contributed by atoms with Crippen LogP contribution in [0.4, 0.5) is 0 Å². The second kappa shape index (κ2) is 17.1. The van der Waals surface area contributed by atoms with Crippen molar-refractivity contribution in [2.24, 2.45) is 5.73 Å². The molecule has 0 aromatic rings.